The Kier molecular flexibility index (Phi) is 5.32. The van der Waals surface area contributed by atoms with Gasteiger partial charge in [0, 0.05) is 4.88 Å². The van der Waals surface area contributed by atoms with Crippen molar-refractivity contribution in [3.8, 4) is 26.7 Å². The lowest BCUT2D eigenvalue weighted by Gasteiger charge is -2.13. The van der Waals surface area contributed by atoms with Crippen molar-refractivity contribution in [2.45, 2.75) is 26.1 Å². The summed E-state index contributed by atoms with van der Waals surface area (Å²) in [7, 11) is 0. The van der Waals surface area contributed by atoms with Gasteiger partial charge in [-0.05, 0) is 61.4 Å². The van der Waals surface area contributed by atoms with Crippen LogP contribution in [-0.2, 0) is 12.2 Å². The van der Waals surface area contributed by atoms with Crippen molar-refractivity contribution >= 4 is 22.9 Å². The minimum atomic E-state index is -1.07. The zero-order valence-corrected chi connectivity index (χ0v) is 17.7. The van der Waals surface area contributed by atoms with Crippen LogP contribution < -0.4 is 0 Å². The van der Waals surface area contributed by atoms with Crippen LogP contribution in [0.1, 0.15) is 25.1 Å². The van der Waals surface area contributed by atoms with Gasteiger partial charge in [-0.1, -0.05) is 41.9 Å². The molecule has 0 radical (unpaired) electrons. The fourth-order valence-corrected chi connectivity index (χ4v) is 4.34. The van der Waals surface area contributed by atoms with Gasteiger partial charge in [0.15, 0.2) is 0 Å². The molecule has 0 aliphatic rings. The first-order chi connectivity index (χ1) is 13.9. The molecule has 0 amide bonds. The van der Waals surface area contributed by atoms with Gasteiger partial charge in [0.25, 0.3) is 0 Å². The van der Waals surface area contributed by atoms with E-state index in [0.29, 0.717) is 10.7 Å². The second-order valence-corrected chi connectivity index (χ2v) is 8.85. The van der Waals surface area contributed by atoms with Crippen molar-refractivity contribution in [1.29, 1.82) is 0 Å². The smallest absolute Gasteiger partial charge is 0.103 e. The molecule has 2 N–H and O–H groups in total. The third-order valence-corrected chi connectivity index (χ3v) is 6.15. The van der Waals surface area contributed by atoms with Gasteiger partial charge in [0.2, 0.25) is 0 Å². The Morgan fingerprint density at radius 2 is 1.76 bits per heavy atom. The highest BCUT2D eigenvalue weighted by Crippen LogP contribution is 2.38. The first-order valence-corrected chi connectivity index (χ1v) is 10.4. The van der Waals surface area contributed by atoms with E-state index in [-0.39, 0.29) is 6.61 Å². The van der Waals surface area contributed by atoms with Crippen molar-refractivity contribution in [1.82, 2.24) is 9.78 Å². The van der Waals surface area contributed by atoms with Crippen LogP contribution in [0.3, 0.4) is 0 Å². The Hall–Kier alpha value is -2.44. The molecule has 2 aromatic heterocycles. The summed E-state index contributed by atoms with van der Waals surface area (Å²) in [6.07, 6.45) is 0. The molecule has 4 nitrogen and oxygen atoms in total. The quantitative estimate of drug-likeness (QED) is 0.435. The monoisotopic (exact) mass is 424 g/mol. The average Bonchev–Trinajstić information content (AvgIpc) is 3.35. The molecule has 0 unspecified atom stereocenters. The lowest BCUT2D eigenvalue weighted by Crippen LogP contribution is -2.16. The molecule has 2 heterocycles. The van der Waals surface area contributed by atoms with Crippen molar-refractivity contribution in [2.75, 3.05) is 0 Å². The standard InChI is InChI=1S/C23H21ClN2O2S/c1-23(2,28)22-13-19(26(25-22)18-9-4-3-8-17(18)24)21-11-10-20(29-21)16-7-5-6-15(12-16)14-27/h3-13,27-28H,14H2,1-2H3. The summed E-state index contributed by atoms with van der Waals surface area (Å²) in [5.74, 6) is 0. The number of hydrogen-bond acceptors (Lipinski definition) is 4. The van der Waals surface area contributed by atoms with Gasteiger partial charge in [0.05, 0.1) is 33.6 Å². The normalized spacial score (nSPS) is 11.8. The van der Waals surface area contributed by atoms with E-state index in [1.807, 2.05) is 60.7 Å². The molecule has 0 fully saturated rings. The maximum Gasteiger partial charge on any atom is 0.103 e. The minimum absolute atomic E-state index is 0.0142. The van der Waals surface area contributed by atoms with E-state index in [2.05, 4.69) is 11.2 Å². The predicted octanol–water partition coefficient (Wildman–Crippen LogP) is 5.64. The van der Waals surface area contributed by atoms with Gasteiger partial charge in [0.1, 0.15) is 5.60 Å². The van der Waals surface area contributed by atoms with E-state index >= 15 is 0 Å². The molecule has 0 saturated heterocycles. The summed E-state index contributed by atoms with van der Waals surface area (Å²) in [6, 6.07) is 21.4. The van der Waals surface area contributed by atoms with Crippen LogP contribution in [-0.4, -0.2) is 20.0 Å². The molecule has 148 valence electrons. The molecular formula is C23H21ClN2O2S. The number of para-hydroxylation sites is 1. The first kappa shape index (κ1) is 19.9. The highest BCUT2D eigenvalue weighted by molar-refractivity contribution is 7.18. The van der Waals surface area contributed by atoms with Gasteiger partial charge < -0.3 is 10.2 Å². The largest absolute Gasteiger partial charge is 0.392 e. The van der Waals surface area contributed by atoms with Crippen molar-refractivity contribution in [2.24, 2.45) is 0 Å². The molecule has 0 atom stereocenters. The van der Waals surface area contributed by atoms with Gasteiger partial charge in [-0.15, -0.1) is 11.3 Å². The molecule has 29 heavy (non-hydrogen) atoms. The SMILES string of the molecule is CC(C)(O)c1cc(-c2ccc(-c3cccc(CO)c3)s2)n(-c2ccccc2Cl)n1. The van der Waals surface area contributed by atoms with Crippen LogP contribution in [0, 0.1) is 0 Å². The minimum Gasteiger partial charge on any atom is -0.392 e. The number of benzene rings is 2. The Morgan fingerprint density at radius 1 is 1.00 bits per heavy atom. The topological polar surface area (TPSA) is 58.3 Å². The van der Waals surface area contributed by atoms with Gasteiger partial charge in [-0.3, -0.25) is 0 Å². The Labute approximate surface area is 178 Å². The van der Waals surface area contributed by atoms with Crippen molar-refractivity contribution in [3.05, 3.63) is 83.0 Å². The highest BCUT2D eigenvalue weighted by Gasteiger charge is 2.24. The van der Waals surface area contributed by atoms with E-state index in [0.717, 1.165) is 32.3 Å². The van der Waals surface area contributed by atoms with Crippen LogP contribution in [0.15, 0.2) is 66.7 Å². The molecule has 0 bridgehead atoms. The van der Waals surface area contributed by atoms with Crippen molar-refractivity contribution < 1.29 is 10.2 Å². The molecule has 6 heteroatoms. The Bertz CT molecular complexity index is 1160. The number of nitrogens with zero attached hydrogens (tertiary/aromatic N) is 2. The zero-order valence-electron chi connectivity index (χ0n) is 16.1. The maximum absolute atomic E-state index is 10.5. The van der Waals surface area contributed by atoms with Gasteiger partial charge in [-0.25, -0.2) is 4.68 Å². The number of aliphatic hydroxyl groups excluding tert-OH is 1. The highest BCUT2D eigenvalue weighted by atomic mass is 35.5. The van der Waals surface area contributed by atoms with Crippen LogP contribution >= 0.6 is 22.9 Å². The number of thiophene rings is 1. The first-order valence-electron chi connectivity index (χ1n) is 9.25. The predicted molar refractivity (Wildman–Crippen MR) is 118 cm³/mol. The van der Waals surface area contributed by atoms with Crippen LogP contribution in [0.2, 0.25) is 5.02 Å². The summed E-state index contributed by atoms with van der Waals surface area (Å²) in [5.41, 5.74) is 3.06. The van der Waals surface area contributed by atoms with Crippen LogP contribution in [0.5, 0.6) is 0 Å². The molecule has 2 aromatic carbocycles. The summed E-state index contributed by atoms with van der Waals surface area (Å²) in [4.78, 5) is 2.10. The second-order valence-electron chi connectivity index (χ2n) is 7.36. The number of aliphatic hydroxyl groups is 2. The number of aromatic nitrogens is 2. The summed E-state index contributed by atoms with van der Waals surface area (Å²) >= 11 is 8.06. The van der Waals surface area contributed by atoms with E-state index in [4.69, 9.17) is 11.6 Å². The fourth-order valence-electron chi connectivity index (χ4n) is 3.12. The molecular weight excluding hydrogens is 404 g/mol. The summed E-state index contributed by atoms with van der Waals surface area (Å²) < 4.78 is 1.79. The number of rotatable bonds is 5. The molecule has 0 saturated carbocycles. The van der Waals surface area contributed by atoms with E-state index < -0.39 is 5.60 Å². The van der Waals surface area contributed by atoms with E-state index in [1.165, 1.54) is 0 Å². The lowest BCUT2D eigenvalue weighted by molar-refractivity contribution is 0.0734. The average molecular weight is 425 g/mol. The Morgan fingerprint density at radius 3 is 2.48 bits per heavy atom. The molecule has 0 spiro atoms. The number of hydrogen-bond donors (Lipinski definition) is 2. The number of halogens is 1. The van der Waals surface area contributed by atoms with Gasteiger partial charge >= 0.3 is 0 Å². The van der Waals surface area contributed by atoms with Gasteiger partial charge in [-0.2, -0.15) is 5.10 Å². The zero-order chi connectivity index (χ0) is 20.6. The third-order valence-electron chi connectivity index (χ3n) is 4.67. The molecule has 4 rings (SSSR count). The summed E-state index contributed by atoms with van der Waals surface area (Å²) in [5, 5.41) is 25.2. The van der Waals surface area contributed by atoms with Crippen LogP contribution in [0.25, 0.3) is 26.7 Å². The lowest BCUT2D eigenvalue weighted by atomic mass is 10.1. The van der Waals surface area contributed by atoms with E-state index in [9.17, 15) is 10.2 Å². The second kappa shape index (κ2) is 7.76. The van der Waals surface area contributed by atoms with Crippen molar-refractivity contribution in [3.63, 3.8) is 0 Å². The van der Waals surface area contributed by atoms with E-state index in [1.54, 1.807) is 29.9 Å². The summed E-state index contributed by atoms with van der Waals surface area (Å²) in [6.45, 7) is 3.45. The fraction of sp³-hybridized carbons (Fsp3) is 0.174. The third kappa shape index (κ3) is 4.00. The molecule has 0 aliphatic carbocycles. The maximum atomic E-state index is 10.5. The molecule has 0 aliphatic heterocycles. The van der Waals surface area contributed by atoms with Crippen LogP contribution in [0.4, 0.5) is 0 Å². The Balaban J connectivity index is 1.84. The molecule has 4 aromatic rings.